The Morgan fingerprint density at radius 3 is 2.79 bits per heavy atom. The molecular formula is C22H29N3O3. The fraction of sp³-hybridized carbons (Fsp3) is 0.591. The van der Waals surface area contributed by atoms with Gasteiger partial charge in [-0.15, -0.1) is 0 Å². The van der Waals surface area contributed by atoms with Crippen molar-refractivity contribution in [2.24, 2.45) is 5.92 Å². The summed E-state index contributed by atoms with van der Waals surface area (Å²) in [5, 5.41) is 4.18. The molecule has 2 aliphatic heterocycles. The minimum atomic E-state index is 0.273. The number of likely N-dealkylation sites (tertiary alicyclic amines) is 1. The molecule has 2 fully saturated rings. The molecule has 1 aromatic carbocycles. The van der Waals surface area contributed by atoms with Crippen LogP contribution in [-0.2, 0) is 22.4 Å². The highest BCUT2D eigenvalue weighted by Gasteiger charge is 2.28. The lowest BCUT2D eigenvalue weighted by atomic mass is 10.0. The summed E-state index contributed by atoms with van der Waals surface area (Å²) < 4.78 is 10.9. The van der Waals surface area contributed by atoms with Gasteiger partial charge in [0.05, 0.1) is 0 Å². The average molecular weight is 383 g/mol. The molecule has 6 heteroatoms. The van der Waals surface area contributed by atoms with Gasteiger partial charge in [-0.1, -0.05) is 35.5 Å². The van der Waals surface area contributed by atoms with Crippen molar-refractivity contribution in [3.63, 3.8) is 0 Å². The van der Waals surface area contributed by atoms with Crippen LogP contribution in [-0.4, -0.2) is 47.3 Å². The molecular weight excluding hydrogens is 354 g/mol. The first-order chi connectivity index (χ1) is 13.8. The van der Waals surface area contributed by atoms with E-state index in [0.29, 0.717) is 18.3 Å². The van der Waals surface area contributed by atoms with Crippen LogP contribution >= 0.6 is 0 Å². The van der Waals surface area contributed by atoms with Crippen LogP contribution in [0.4, 0.5) is 0 Å². The Hall–Kier alpha value is -2.21. The summed E-state index contributed by atoms with van der Waals surface area (Å²) in [6, 6.07) is 10.4. The second-order valence-electron chi connectivity index (χ2n) is 7.97. The minimum absolute atomic E-state index is 0.273. The van der Waals surface area contributed by atoms with Crippen LogP contribution < -0.4 is 0 Å². The molecule has 1 atom stereocenters. The Kier molecular flexibility index (Phi) is 6.37. The molecule has 0 aliphatic carbocycles. The number of rotatable bonds is 7. The molecule has 0 N–H and O–H groups in total. The Balaban J connectivity index is 1.20. The monoisotopic (exact) mass is 383 g/mol. The Morgan fingerprint density at radius 2 is 1.96 bits per heavy atom. The van der Waals surface area contributed by atoms with Gasteiger partial charge in [-0.2, -0.15) is 4.98 Å². The topological polar surface area (TPSA) is 68.5 Å². The largest absolute Gasteiger partial charge is 0.381 e. The van der Waals surface area contributed by atoms with Gasteiger partial charge in [-0.05, 0) is 43.6 Å². The lowest BCUT2D eigenvalue weighted by Crippen LogP contribution is -2.28. The summed E-state index contributed by atoms with van der Waals surface area (Å²) in [6.07, 6.45) is 6.21. The van der Waals surface area contributed by atoms with Gasteiger partial charge < -0.3 is 14.2 Å². The van der Waals surface area contributed by atoms with Crippen LogP contribution in [0.2, 0.25) is 0 Å². The zero-order chi connectivity index (χ0) is 19.2. The van der Waals surface area contributed by atoms with Crippen molar-refractivity contribution in [3.8, 4) is 0 Å². The van der Waals surface area contributed by atoms with E-state index in [4.69, 9.17) is 9.26 Å². The van der Waals surface area contributed by atoms with Crippen molar-refractivity contribution in [2.45, 2.75) is 50.9 Å². The van der Waals surface area contributed by atoms with E-state index in [2.05, 4.69) is 22.3 Å². The fourth-order valence-corrected chi connectivity index (χ4v) is 4.19. The maximum atomic E-state index is 12.5. The van der Waals surface area contributed by atoms with E-state index in [1.54, 1.807) is 0 Å². The summed E-state index contributed by atoms with van der Waals surface area (Å²) in [4.78, 5) is 19.1. The molecule has 4 rings (SSSR count). The molecule has 2 aromatic rings. The van der Waals surface area contributed by atoms with Gasteiger partial charge in [-0.3, -0.25) is 4.79 Å². The molecule has 28 heavy (non-hydrogen) atoms. The first-order valence-electron chi connectivity index (χ1n) is 10.5. The van der Waals surface area contributed by atoms with Crippen LogP contribution in [0, 0.1) is 5.92 Å². The summed E-state index contributed by atoms with van der Waals surface area (Å²) in [6.45, 7) is 3.20. The lowest BCUT2D eigenvalue weighted by Gasteiger charge is -2.18. The maximum Gasteiger partial charge on any atom is 0.229 e. The Morgan fingerprint density at radius 1 is 1.14 bits per heavy atom. The highest BCUT2D eigenvalue weighted by Crippen LogP contribution is 2.26. The third-order valence-corrected chi connectivity index (χ3v) is 5.86. The number of ether oxygens (including phenoxy) is 1. The van der Waals surface area contributed by atoms with Crippen molar-refractivity contribution in [1.29, 1.82) is 0 Å². The van der Waals surface area contributed by atoms with Crippen LogP contribution in [0.15, 0.2) is 34.9 Å². The van der Waals surface area contributed by atoms with Gasteiger partial charge in [0.15, 0.2) is 5.82 Å². The number of hydrogen-bond donors (Lipinski definition) is 0. The third-order valence-electron chi connectivity index (χ3n) is 5.86. The number of carbonyl (C=O) groups excluding carboxylic acids is 1. The average Bonchev–Trinajstić information content (AvgIpc) is 3.40. The second kappa shape index (κ2) is 9.32. The molecule has 0 bridgehead atoms. The first-order valence-corrected chi connectivity index (χ1v) is 10.5. The number of aryl methyl sites for hydroxylation is 1. The maximum absolute atomic E-state index is 12.5. The van der Waals surface area contributed by atoms with Gasteiger partial charge >= 0.3 is 0 Å². The predicted octanol–water partition coefficient (Wildman–Crippen LogP) is 3.38. The van der Waals surface area contributed by atoms with Crippen LogP contribution in [0.3, 0.4) is 0 Å². The summed E-state index contributed by atoms with van der Waals surface area (Å²) >= 11 is 0. The van der Waals surface area contributed by atoms with E-state index in [1.807, 2.05) is 23.1 Å². The number of carbonyl (C=O) groups is 1. The van der Waals surface area contributed by atoms with Crippen molar-refractivity contribution in [1.82, 2.24) is 15.0 Å². The van der Waals surface area contributed by atoms with E-state index in [1.165, 1.54) is 5.56 Å². The summed E-state index contributed by atoms with van der Waals surface area (Å²) in [5.74, 6) is 2.57. The number of amides is 1. The SMILES string of the molecule is O=C(CCCc1ccccc1)N1CCC(Cc2noc(C3CCOCC3)n2)C1. The van der Waals surface area contributed by atoms with E-state index >= 15 is 0 Å². The Labute approximate surface area is 166 Å². The fourth-order valence-electron chi connectivity index (χ4n) is 4.19. The Bertz CT molecular complexity index is 755. The molecule has 1 unspecified atom stereocenters. The normalized spacial score (nSPS) is 20.6. The highest BCUT2D eigenvalue weighted by molar-refractivity contribution is 5.76. The van der Waals surface area contributed by atoms with E-state index in [-0.39, 0.29) is 5.91 Å². The van der Waals surface area contributed by atoms with E-state index < -0.39 is 0 Å². The molecule has 150 valence electrons. The van der Waals surface area contributed by atoms with Gasteiger partial charge in [0.2, 0.25) is 11.8 Å². The molecule has 0 saturated carbocycles. The number of benzene rings is 1. The molecule has 2 aliphatic rings. The zero-order valence-corrected chi connectivity index (χ0v) is 16.4. The van der Waals surface area contributed by atoms with E-state index in [0.717, 1.165) is 76.5 Å². The molecule has 2 saturated heterocycles. The number of hydrogen-bond acceptors (Lipinski definition) is 5. The highest BCUT2D eigenvalue weighted by atomic mass is 16.5. The van der Waals surface area contributed by atoms with Crippen LogP contribution in [0.25, 0.3) is 0 Å². The van der Waals surface area contributed by atoms with E-state index in [9.17, 15) is 4.79 Å². The van der Waals surface area contributed by atoms with Crippen LogP contribution in [0.5, 0.6) is 0 Å². The van der Waals surface area contributed by atoms with Crippen LogP contribution in [0.1, 0.15) is 55.3 Å². The standard InChI is InChI=1S/C22H29N3O3/c26-21(8-4-7-17-5-2-1-3-6-17)25-12-9-18(16-25)15-20-23-22(28-24-20)19-10-13-27-14-11-19/h1-3,5-6,18-19H,4,7-16H2. The molecule has 0 radical (unpaired) electrons. The zero-order valence-electron chi connectivity index (χ0n) is 16.4. The molecule has 6 nitrogen and oxygen atoms in total. The molecule has 1 aromatic heterocycles. The second-order valence-corrected chi connectivity index (χ2v) is 7.97. The molecule has 0 spiro atoms. The predicted molar refractivity (Wildman–Crippen MR) is 105 cm³/mol. The van der Waals surface area contributed by atoms with Gasteiger partial charge in [-0.25, -0.2) is 0 Å². The smallest absolute Gasteiger partial charge is 0.229 e. The summed E-state index contributed by atoms with van der Waals surface area (Å²) in [5.41, 5.74) is 1.30. The first kappa shape index (κ1) is 19.1. The van der Waals surface area contributed by atoms with Gasteiger partial charge in [0.25, 0.3) is 0 Å². The molecule has 1 amide bonds. The van der Waals surface area contributed by atoms with Crippen molar-refractivity contribution in [2.75, 3.05) is 26.3 Å². The van der Waals surface area contributed by atoms with Crippen molar-refractivity contribution >= 4 is 5.91 Å². The third kappa shape index (κ3) is 4.98. The van der Waals surface area contributed by atoms with Gasteiger partial charge in [0.1, 0.15) is 0 Å². The number of aromatic nitrogens is 2. The minimum Gasteiger partial charge on any atom is -0.381 e. The lowest BCUT2D eigenvalue weighted by molar-refractivity contribution is -0.130. The van der Waals surface area contributed by atoms with Crippen molar-refractivity contribution in [3.05, 3.63) is 47.6 Å². The van der Waals surface area contributed by atoms with Crippen molar-refractivity contribution < 1.29 is 14.1 Å². The van der Waals surface area contributed by atoms with Gasteiger partial charge in [0, 0.05) is 45.1 Å². The molecule has 3 heterocycles. The quantitative estimate of drug-likeness (QED) is 0.733. The number of nitrogens with zero attached hydrogens (tertiary/aromatic N) is 3. The summed E-state index contributed by atoms with van der Waals surface area (Å²) in [7, 11) is 0.